The Morgan fingerprint density at radius 2 is 2.00 bits per heavy atom. The first-order chi connectivity index (χ1) is 8.30. The maximum atomic E-state index is 14.0. The van der Waals surface area contributed by atoms with Gasteiger partial charge in [0, 0.05) is 17.9 Å². The minimum absolute atomic E-state index is 0.110. The van der Waals surface area contributed by atoms with Crippen molar-refractivity contribution < 1.29 is 17.2 Å². The fourth-order valence-electron chi connectivity index (χ4n) is 1.56. The molecule has 0 aliphatic heterocycles. The van der Waals surface area contributed by atoms with Crippen molar-refractivity contribution in [2.24, 2.45) is 0 Å². The van der Waals surface area contributed by atoms with Crippen LogP contribution < -0.4 is 5.73 Å². The monoisotopic (exact) mass is 273 g/mol. The van der Waals surface area contributed by atoms with Gasteiger partial charge in [-0.15, -0.1) is 0 Å². The smallest absolute Gasteiger partial charge is 0.181 e. The summed E-state index contributed by atoms with van der Waals surface area (Å²) >= 11 is 0. The van der Waals surface area contributed by atoms with Gasteiger partial charge in [0.1, 0.15) is 16.5 Å². The number of rotatable bonds is 2. The molecule has 0 fully saturated rings. The van der Waals surface area contributed by atoms with E-state index >= 15 is 0 Å². The van der Waals surface area contributed by atoms with E-state index < -0.39 is 26.4 Å². The largest absolute Gasteiger partial charge is 0.382 e. The van der Waals surface area contributed by atoms with Crippen LogP contribution in [0.15, 0.2) is 23.1 Å². The Kier molecular flexibility index (Phi) is 2.81. The molecule has 0 unspecified atom stereocenters. The summed E-state index contributed by atoms with van der Waals surface area (Å²) in [4.78, 5) is -0.965. The minimum Gasteiger partial charge on any atom is -0.382 e. The van der Waals surface area contributed by atoms with Gasteiger partial charge in [0.2, 0.25) is 0 Å². The van der Waals surface area contributed by atoms with Crippen LogP contribution in [-0.2, 0) is 9.84 Å². The third kappa shape index (κ3) is 2.06. The van der Waals surface area contributed by atoms with Crippen molar-refractivity contribution in [3.05, 3.63) is 29.8 Å². The van der Waals surface area contributed by atoms with Crippen LogP contribution in [0.4, 0.5) is 14.6 Å². The Morgan fingerprint density at radius 3 is 2.50 bits per heavy atom. The SMILES string of the molecule is CS(=O)(=O)c1c(F)ccc(-c2cc(N)n[nH]2)c1F. The van der Waals surface area contributed by atoms with E-state index in [1.807, 2.05) is 0 Å². The first-order valence-electron chi connectivity index (χ1n) is 4.80. The normalized spacial score (nSPS) is 11.7. The molecule has 1 heterocycles. The summed E-state index contributed by atoms with van der Waals surface area (Å²) in [5, 5.41) is 6.02. The Balaban J connectivity index is 2.73. The highest BCUT2D eigenvalue weighted by molar-refractivity contribution is 7.90. The molecule has 0 saturated heterocycles. The molecule has 2 rings (SSSR count). The number of nitrogen functional groups attached to an aromatic ring is 1. The van der Waals surface area contributed by atoms with E-state index in [1.165, 1.54) is 6.07 Å². The van der Waals surface area contributed by atoms with Crippen LogP contribution in [0.25, 0.3) is 11.3 Å². The molecule has 0 bridgehead atoms. The van der Waals surface area contributed by atoms with Gasteiger partial charge in [-0.05, 0) is 12.1 Å². The molecular formula is C10H9F2N3O2S. The zero-order valence-electron chi connectivity index (χ0n) is 9.24. The van der Waals surface area contributed by atoms with Crippen molar-refractivity contribution in [2.45, 2.75) is 4.90 Å². The third-order valence-corrected chi connectivity index (χ3v) is 3.42. The molecule has 3 N–H and O–H groups in total. The summed E-state index contributed by atoms with van der Waals surface area (Å²) < 4.78 is 50.1. The topological polar surface area (TPSA) is 88.8 Å². The summed E-state index contributed by atoms with van der Waals surface area (Å²) in [7, 11) is -4.00. The molecule has 0 amide bonds. The van der Waals surface area contributed by atoms with Crippen LogP contribution in [0.5, 0.6) is 0 Å². The van der Waals surface area contributed by atoms with Crippen LogP contribution in [0.1, 0.15) is 0 Å². The Morgan fingerprint density at radius 1 is 1.33 bits per heavy atom. The van der Waals surface area contributed by atoms with Crippen molar-refractivity contribution >= 4 is 15.7 Å². The quantitative estimate of drug-likeness (QED) is 0.864. The highest BCUT2D eigenvalue weighted by Crippen LogP contribution is 2.28. The Hall–Kier alpha value is -1.96. The number of hydrogen-bond donors (Lipinski definition) is 2. The second-order valence-corrected chi connectivity index (χ2v) is 5.67. The van der Waals surface area contributed by atoms with Gasteiger partial charge in [-0.25, -0.2) is 17.2 Å². The van der Waals surface area contributed by atoms with Gasteiger partial charge < -0.3 is 5.73 Å². The summed E-state index contributed by atoms with van der Waals surface area (Å²) in [6.07, 6.45) is 0.736. The predicted molar refractivity (Wildman–Crippen MR) is 61.5 cm³/mol. The number of benzene rings is 1. The molecule has 18 heavy (non-hydrogen) atoms. The molecule has 1 aromatic carbocycles. The first-order valence-corrected chi connectivity index (χ1v) is 6.69. The van der Waals surface area contributed by atoms with Gasteiger partial charge in [0.05, 0.1) is 5.69 Å². The fourth-order valence-corrected chi connectivity index (χ4v) is 2.41. The molecule has 0 atom stereocenters. The second kappa shape index (κ2) is 4.05. The van der Waals surface area contributed by atoms with Crippen LogP contribution in [0.3, 0.4) is 0 Å². The lowest BCUT2D eigenvalue weighted by Gasteiger charge is -2.06. The number of H-pyrrole nitrogens is 1. The van der Waals surface area contributed by atoms with Crippen molar-refractivity contribution in [2.75, 3.05) is 12.0 Å². The molecule has 96 valence electrons. The van der Waals surface area contributed by atoms with Crippen LogP contribution in [0.2, 0.25) is 0 Å². The maximum Gasteiger partial charge on any atom is 0.181 e. The lowest BCUT2D eigenvalue weighted by molar-refractivity contribution is 0.523. The highest BCUT2D eigenvalue weighted by Gasteiger charge is 2.23. The highest BCUT2D eigenvalue weighted by atomic mass is 32.2. The summed E-state index contributed by atoms with van der Waals surface area (Å²) in [5.74, 6) is -2.18. The number of nitrogens with one attached hydrogen (secondary N) is 1. The number of aromatic nitrogens is 2. The van der Waals surface area contributed by atoms with Crippen LogP contribution >= 0.6 is 0 Å². The van der Waals surface area contributed by atoms with Gasteiger partial charge >= 0.3 is 0 Å². The number of sulfone groups is 1. The van der Waals surface area contributed by atoms with E-state index in [1.54, 1.807) is 0 Å². The van der Waals surface area contributed by atoms with E-state index in [2.05, 4.69) is 10.2 Å². The maximum absolute atomic E-state index is 14.0. The van der Waals surface area contributed by atoms with Crippen molar-refractivity contribution in [3.63, 3.8) is 0 Å². The molecule has 0 aliphatic rings. The summed E-state index contributed by atoms with van der Waals surface area (Å²) in [6.45, 7) is 0. The average Bonchev–Trinajstić information content (AvgIpc) is 2.62. The second-order valence-electron chi connectivity index (χ2n) is 3.72. The molecule has 0 saturated carbocycles. The Labute approximate surface area is 102 Å². The molecule has 8 heteroatoms. The first kappa shape index (κ1) is 12.5. The fraction of sp³-hybridized carbons (Fsp3) is 0.100. The van der Waals surface area contributed by atoms with Crippen molar-refractivity contribution in [1.29, 1.82) is 0 Å². The molecule has 0 radical (unpaired) electrons. The lowest BCUT2D eigenvalue weighted by atomic mass is 10.1. The van der Waals surface area contributed by atoms with Gasteiger partial charge in [0.15, 0.2) is 15.7 Å². The summed E-state index contributed by atoms with van der Waals surface area (Å²) in [6, 6.07) is 3.32. The Bertz CT molecular complexity index is 710. The number of hydrogen-bond acceptors (Lipinski definition) is 4. The number of anilines is 1. The van der Waals surface area contributed by atoms with Gasteiger partial charge in [-0.1, -0.05) is 0 Å². The number of nitrogens with zero attached hydrogens (tertiary/aromatic N) is 1. The molecule has 2 aromatic rings. The molecular weight excluding hydrogens is 264 g/mol. The molecule has 1 aromatic heterocycles. The molecule has 0 spiro atoms. The molecule has 0 aliphatic carbocycles. The van der Waals surface area contributed by atoms with Crippen LogP contribution in [0, 0.1) is 11.6 Å². The number of aromatic amines is 1. The van der Waals surface area contributed by atoms with E-state index in [0.717, 1.165) is 18.4 Å². The third-order valence-electron chi connectivity index (χ3n) is 2.31. The number of halogens is 2. The van der Waals surface area contributed by atoms with Gasteiger partial charge in [-0.2, -0.15) is 5.10 Å². The lowest BCUT2D eigenvalue weighted by Crippen LogP contribution is -2.05. The van der Waals surface area contributed by atoms with E-state index in [9.17, 15) is 17.2 Å². The summed E-state index contributed by atoms with van der Waals surface area (Å²) in [5.41, 5.74) is 5.43. The zero-order chi connectivity index (χ0) is 13.5. The van der Waals surface area contributed by atoms with Gasteiger partial charge in [0.25, 0.3) is 0 Å². The van der Waals surface area contributed by atoms with E-state index in [-0.39, 0.29) is 17.1 Å². The zero-order valence-corrected chi connectivity index (χ0v) is 10.1. The average molecular weight is 273 g/mol. The van der Waals surface area contributed by atoms with Crippen LogP contribution in [-0.4, -0.2) is 24.9 Å². The van der Waals surface area contributed by atoms with E-state index in [0.29, 0.717) is 0 Å². The van der Waals surface area contributed by atoms with E-state index in [4.69, 9.17) is 5.73 Å². The predicted octanol–water partition coefficient (Wildman–Crippen LogP) is 1.34. The van der Waals surface area contributed by atoms with Crippen molar-refractivity contribution in [1.82, 2.24) is 10.2 Å². The van der Waals surface area contributed by atoms with Crippen molar-refractivity contribution in [3.8, 4) is 11.3 Å². The number of nitrogens with two attached hydrogens (primary N) is 1. The van der Waals surface area contributed by atoms with Gasteiger partial charge in [-0.3, -0.25) is 5.10 Å². The minimum atomic E-state index is -4.00. The standard InChI is InChI=1S/C10H9F2N3O2S/c1-18(16,17)10-6(11)3-2-5(9(10)12)7-4-8(13)15-14-7/h2-4H,1H3,(H3,13,14,15). The molecule has 5 nitrogen and oxygen atoms in total.